The average Bonchev–Trinajstić information content (AvgIpc) is 3.25. The molecule has 2 aromatic rings. The lowest BCUT2D eigenvalue weighted by Crippen LogP contribution is -2.49. The zero-order valence-electron chi connectivity index (χ0n) is 19.9. The summed E-state index contributed by atoms with van der Waals surface area (Å²) in [7, 11) is 0. The van der Waals surface area contributed by atoms with Gasteiger partial charge in [0.05, 0.1) is 5.56 Å². The van der Waals surface area contributed by atoms with Crippen molar-refractivity contribution in [3.8, 4) is 0 Å². The van der Waals surface area contributed by atoms with Gasteiger partial charge in [0.15, 0.2) is 0 Å². The number of alkyl halides is 3. The molecular weight excluding hydrogens is 457 g/mol. The van der Waals surface area contributed by atoms with E-state index in [0.717, 1.165) is 18.2 Å². The van der Waals surface area contributed by atoms with Gasteiger partial charge in [-0.25, -0.2) is 0 Å². The second kappa shape index (κ2) is 10.7. The molecule has 35 heavy (non-hydrogen) atoms. The van der Waals surface area contributed by atoms with Crippen LogP contribution in [0.2, 0.25) is 0 Å². The quantitative estimate of drug-likeness (QED) is 0.606. The van der Waals surface area contributed by atoms with Crippen LogP contribution in [-0.2, 0) is 22.2 Å². The van der Waals surface area contributed by atoms with Gasteiger partial charge < -0.3 is 15.1 Å². The van der Waals surface area contributed by atoms with Crippen molar-refractivity contribution >= 4 is 23.2 Å². The van der Waals surface area contributed by atoms with Crippen molar-refractivity contribution in [3.63, 3.8) is 0 Å². The number of rotatable bonds is 7. The molecule has 2 aliphatic heterocycles. The minimum Gasteiger partial charge on any atom is -0.369 e. The molecule has 6 nitrogen and oxygen atoms in total. The van der Waals surface area contributed by atoms with Crippen LogP contribution in [0.4, 0.5) is 24.5 Å². The number of nitrogens with one attached hydrogen (secondary N) is 1. The molecule has 1 atom stereocenters. The van der Waals surface area contributed by atoms with E-state index in [0.29, 0.717) is 57.9 Å². The van der Waals surface area contributed by atoms with Gasteiger partial charge in [-0.3, -0.25) is 14.5 Å². The van der Waals surface area contributed by atoms with E-state index in [4.69, 9.17) is 0 Å². The molecule has 2 aliphatic rings. The van der Waals surface area contributed by atoms with Gasteiger partial charge in [-0.05, 0) is 48.7 Å². The maximum atomic E-state index is 13.0. The Hall–Kier alpha value is -3.07. The summed E-state index contributed by atoms with van der Waals surface area (Å²) >= 11 is 0. The van der Waals surface area contributed by atoms with Crippen molar-refractivity contribution in [3.05, 3.63) is 59.7 Å². The summed E-state index contributed by atoms with van der Waals surface area (Å²) in [6, 6.07) is 13.3. The first-order chi connectivity index (χ1) is 16.8. The molecule has 2 aromatic carbocycles. The third-order valence-corrected chi connectivity index (χ3v) is 6.82. The number of aryl methyl sites for hydroxylation is 1. The van der Waals surface area contributed by atoms with E-state index in [1.54, 1.807) is 11.0 Å². The fourth-order valence-electron chi connectivity index (χ4n) is 4.66. The van der Waals surface area contributed by atoms with Crippen molar-refractivity contribution in [2.24, 2.45) is 5.92 Å². The molecule has 4 rings (SSSR count). The Bertz CT molecular complexity index is 1030. The smallest absolute Gasteiger partial charge is 0.369 e. The molecule has 2 saturated heterocycles. The number of carbonyl (C=O) groups excluding carboxylic acids is 2. The highest BCUT2D eigenvalue weighted by molar-refractivity contribution is 6.09. The van der Waals surface area contributed by atoms with Gasteiger partial charge in [0.1, 0.15) is 5.92 Å². The van der Waals surface area contributed by atoms with Gasteiger partial charge in [-0.15, -0.1) is 0 Å². The molecule has 2 heterocycles. The van der Waals surface area contributed by atoms with Crippen molar-refractivity contribution in [1.82, 2.24) is 10.2 Å². The molecule has 0 aromatic heterocycles. The Kier molecular flexibility index (Phi) is 7.64. The van der Waals surface area contributed by atoms with Crippen molar-refractivity contribution in [2.45, 2.75) is 25.9 Å². The number of hydrogen-bond acceptors (Lipinski definition) is 4. The molecule has 2 amide bonds. The molecule has 2 fully saturated rings. The van der Waals surface area contributed by atoms with E-state index < -0.39 is 17.7 Å². The zero-order chi connectivity index (χ0) is 25.0. The summed E-state index contributed by atoms with van der Waals surface area (Å²) in [5.41, 5.74) is 1.95. The van der Waals surface area contributed by atoms with Crippen molar-refractivity contribution in [1.29, 1.82) is 0 Å². The fraction of sp³-hybridized carbons (Fsp3) is 0.462. The maximum Gasteiger partial charge on any atom is 0.416 e. The van der Waals surface area contributed by atoms with E-state index >= 15 is 0 Å². The molecule has 0 bridgehead atoms. The lowest BCUT2D eigenvalue weighted by atomic mass is 10.1. The summed E-state index contributed by atoms with van der Waals surface area (Å²) in [4.78, 5) is 31.2. The Morgan fingerprint density at radius 2 is 1.71 bits per heavy atom. The molecule has 1 N–H and O–H groups in total. The lowest BCUT2D eigenvalue weighted by molar-refractivity contribution is -0.137. The molecule has 188 valence electrons. The minimum atomic E-state index is -4.35. The zero-order valence-corrected chi connectivity index (χ0v) is 19.9. The second-order valence-corrected chi connectivity index (χ2v) is 9.02. The second-order valence-electron chi connectivity index (χ2n) is 9.02. The third-order valence-electron chi connectivity index (χ3n) is 6.82. The van der Waals surface area contributed by atoms with Gasteiger partial charge in [-0.2, -0.15) is 13.2 Å². The third kappa shape index (κ3) is 5.96. The first kappa shape index (κ1) is 25.0. The Morgan fingerprint density at radius 1 is 1.00 bits per heavy atom. The van der Waals surface area contributed by atoms with Crippen LogP contribution in [0.5, 0.6) is 0 Å². The monoisotopic (exact) mass is 488 g/mol. The van der Waals surface area contributed by atoms with Gasteiger partial charge >= 0.3 is 6.18 Å². The average molecular weight is 489 g/mol. The number of hydrogen-bond donors (Lipinski definition) is 1. The standard InChI is InChI=1S/C26H31F3N4O2/c1-2-19-6-8-21(9-7-19)33-12-10-23(25(33)35)24(34)30-11-13-31-14-16-32(17-15-31)22-5-3-4-20(18-22)26(27,28)29/h3-9,18,23H,2,10-17H2,1H3,(H,30,34)/t23-/m1/s1. The topological polar surface area (TPSA) is 55.9 Å². The van der Waals surface area contributed by atoms with E-state index in [9.17, 15) is 22.8 Å². The number of carbonyl (C=O) groups is 2. The molecule has 0 saturated carbocycles. The van der Waals surface area contributed by atoms with E-state index in [-0.39, 0.29) is 11.8 Å². The SMILES string of the molecule is CCc1ccc(N2CC[C@H](C(=O)NCCN3CCN(c4cccc(C(F)(F)F)c4)CC3)C2=O)cc1. The van der Waals surface area contributed by atoms with Crippen LogP contribution >= 0.6 is 0 Å². The van der Waals surface area contributed by atoms with Crippen LogP contribution in [-0.4, -0.2) is 62.5 Å². The minimum absolute atomic E-state index is 0.165. The normalized spacial score (nSPS) is 19.3. The number of amides is 2. The summed E-state index contributed by atoms with van der Waals surface area (Å²) < 4.78 is 39.0. The number of piperazine rings is 1. The highest BCUT2D eigenvalue weighted by Crippen LogP contribution is 2.32. The summed E-state index contributed by atoms with van der Waals surface area (Å²) in [5, 5.41) is 2.89. The van der Waals surface area contributed by atoms with Crippen LogP contribution in [0.1, 0.15) is 24.5 Å². The number of halogens is 3. The van der Waals surface area contributed by atoms with E-state index in [2.05, 4.69) is 17.1 Å². The highest BCUT2D eigenvalue weighted by Gasteiger charge is 2.37. The number of nitrogens with zero attached hydrogens (tertiary/aromatic N) is 3. The van der Waals surface area contributed by atoms with Crippen LogP contribution in [0.15, 0.2) is 48.5 Å². The molecular formula is C26H31F3N4O2. The molecule has 0 aliphatic carbocycles. The van der Waals surface area contributed by atoms with Gasteiger partial charge in [0, 0.05) is 57.2 Å². The van der Waals surface area contributed by atoms with Gasteiger partial charge in [0.25, 0.3) is 0 Å². The molecule has 0 radical (unpaired) electrons. The van der Waals surface area contributed by atoms with Gasteiger partial charge in [-0.1, -0.05) is 25.1 Å². The van der Waals surface area contributed by atoms with Crippen LogP contribution in [0.25, 0.3) is 0 Å². The molecule has 0 spiro atoms. The fourth-order valence-corrected chi connectivity index (χ4v) is 4.66. The lowest BCUT2D eigenvalue weighted by Gasteiger charge is -2.36. The maximum absolute atomic E-state index is 13.0. The Balaban J connectivity index is 1.21. The summed E-state index contributed by atoms with van der Waals surface area (Å²) in [5.74, 6) is -1.08. The number of benzene rings is 2. The first-order valence-electron chi connectivity index (χ1n) is 12.1. The van der Waals surface area contributed by atoms with Crippen LogP contribution < -0.4 is 15.1 Å². The van der Waals surface area contributed by atoms with E-state index in [1.165, 1.54) is 17.7 Å². The first-order valence-corrected chi connectivity index (χ1v) is 12.1. The Labute approximate surface area is 203 Å². The van der Waals surface area contributed by atoms with Crippen LogP contribution in [0.3, 0.4) is 0 Å². The molecule has 9 heteroatoms. The predicted octanol–water partition coefficient (Wildman–Crippen LogP) is 3.56. The van der Waals surface area contributed by atoms with Gasteiger partial charge in [0.2, 0.25) is 11.8 Å². The number of anilines is 2. The van der Waals surface area contributed by atoms with Crippen molar-refractivity contribution in [2.75, 3.05) is 55.6 Å². The highest BCUT2D eigenvalue weighted by atomic mass is 19.4. The summed E-state index contributed by atoms with van der Waals surface area (Å²) in [6.07, 6.45) is -2.93. The predicted molar refractivity (Wildman–Crippen MR) is 129 cm³/mol. The summed E-state index contributed by atoms with van der Waals surface area (Å²) in [6.45, 7) is 6.27. The van der Waals surface area contributed by atoms with Crippen molar-refractivity contribution < 1.29 is 22.8 Å². The van der Waals surface area contributed by atoms with Crippen LogP contribution in [0, 0.1) is 5.92 Å². The largest absolute Gasteiger partial charge is 0.416 e. The van der Waals surface area contributed by atoms with E-state index in [1.807, 2.05) is 29.2 Å². The molecule has 0 unspecified atom stereocenters. The Morgan fingerprint density at radius 3 is 2.37 bits per heavy atom.